The standard InChI is InChI=1S/C10H19FN2O2.ClH/c1-2-8(14)3-5-13-9(15)10(11)4-6-12-7-10;/h8,12,14H,2-7H2,1H3,(H,13,15);1H. The largest absolute Gasteiger partial charge is 0.393 e. The number of hydrogen-bond acceptors (Lipinski definition) is 3. The summed E-state index contributed by atoms with van der Waals surface area (Å²) in [5, 5.41) is 14.6. The lowest BCUT2D eigenvalue weighted by molar-refractivity contribution is -0.131. The first-order chi connectivity index (χ1) is 7.08. The van der Waals surface area contributed by atoms with E-state index in [1.54, 1.807) is 0 Å². The molecule has 0 aromatic heterocycles. The summed E-state index contributed by atoms with van der Waals surface area (Å²) in [5.74, 6) is -0.559. The number of nitrogens with one attached hydrogen (secondary N) is 2. The topological polar surface area (TPSA) is 61.4 Å². The van der Waals surface area contributed by atoms with Gasteiger partial charge in [-0.05, 0) is 19.4 Å². The summed E-state index contributed by atoms with van der Waals surface area (Å²) < 4.78 is 13.8. The maximum Gasteiger partial charge on any atom is 0.259 e. The van der Waals surface area contributed by atoms with Crippen molar-refractivity contribution >= 4 is 18.3 Å². The van der Waals surface area contributed by atoms with Gasteiger partial charge in [-0.3, -0.25) is 4.79 Å². The Morgan fingerprint density at radius 3 is 2.88 bits per heavy atom. The highest BCUT2D eigenvalue weighted by molar-refractivity contribution is 5.85. The quantitative estimate of drug-likeness (QED) is 0.665. The summed E-state index contributed by atoms with van der Waals surface area (Å²) in [6, 6.07) is 0. The molecule has 2 unspecified atom stereocenters. The zero-order valence-corrected chi connectivity index (χ0v) is 10.3. The van der Waals surface area contributed by atoms with Gasteiger partial charge in [-0.2, -0.15) is 0 Å². The van der Waals surface area contributed by atoms with Crippen LogP contribution < -0.4 is 10.6 Å². The number of aliphatic hydroxyl groups is 1. The predicted octanol–water partition coefficient (Wildman–Crippen LogP) is 0.387. The van der Waals surface area contributed by atoms with Gasteiger partial charge in [-0.25, -0.2) is 4.39 Å². The average molecular weight is 255 g/mol. The third-order valence-electron chi connectivity index (χ3n) is 2.74. The summed E-state index contributed by atoms with van der Waals surface area (Å²) in [5.41, 5.74) is -1.75. The first-order valence-electron chi connectivity index (χ1n) is 5.44. The molecule has 0 aromatic rings. The Morgan fingerprint density at radius 1 is 1.69 bits per heavy atom. The Kier molecular flexibility index (Phi) is 6.87. The van der Waals surface area contributed by atoms with Gasteiger partial charge in [0.2, 0.25) is 5.67 Å². The van der Waals surface area contributed by atoms with E-state index in [0.29, 0.717) is 25.9 Å². The van der Waals surface area contributed by atoms with E-state index in [0.717, 1.165) is 0 Å². The predicted molar refractivity (Wildman–Crippen MR) is 62.5 cm³/mol. The van der Waals surface area contributed by atoms with E-state index in [4.69, 9.17) is 0 Å². The van der Waals surface area contributed by atoms with E-state index in [9.17, 15) is 14.3 Å². The summed E-state index contributed by atoms with van der Waals surface area (Å²) >= 11 is 0. The second-order valence-corrected chi connectivity index (χ2v) is 4.00. The van der Waals surface area contributed by atoms with Crippen LogP contribution in [-0.2, 0) is 4.79 Å². The fourth-order valence-corrected chi connectivity index (χ4v) is 1.57. The lowest BCUT2D eigenvalue weighted by Gasteiger charge is -2.18. The zero-order chi connectivity index (χ0) is 11.3. The van der Waals surface area contributed by atoms with Gasteiger partial charge in [0.1, 0.15) is 0 Å². The molecule has 6 heteroatoms. The van der Waals surface area contributed by atoms with Crippen LogP contribution in [0.2, 0.25) is 0 Å². The minimum Gasteiger partial charge on any atom is -0.393 e. The highest BCUT2D eigenvalue weighted by Gasteiger charge is 2.41. The highest BCUT2D eigenvalue weighted by Crippen LogP contribution is 2.19. The van der Waals surface area contributed by atoms with Gasteiger partial charge in [-0.1, -0.05) is 6.92 Å². The van der Waals surface area contributed by atoms with E-state index >= 15 is 0 Å². The van der Waals surface area contributed by atoms with Gasteiger partial charge in [-0.15, -0.1) is 12.4 Å². The van der Waals surface area contributed by atoms with Crippen LogP contribution in [0.5, 0.6) is 0 Å². The minimum atomic E-state index is -1.75. The monoisotopic (exact) mass is 254 g/mol. The Hall–Kier alpha value is -0.390. The molecular formula is C10H20ClFN2O2. The van der Waals surface area contributed by atoms with Gasteiger partial charge < -0.3 is 15.7 Å². The van der Waals surface area contributed by atoms with Crippen molar-refractivity contribution in [2.45, 2.75) is 38.0 Å². The van der Waals surface area contributed by atoms with Crippen molar-refractivity contribution in [2.75, 3.05) is 19.6 Å². The van der Waals surface area contributed by atoms with Crippen LogP contribution in [0, 0.1) is 0 Å². The number of alkyl halides is 1. The van der Waals surface area contributed by atoms with E-state index < -0.39 is 17.7 Å². The Balaban J connectivity index is 0.00000225. The molecule has 1 heterocycles. The lowest BCUT2D eigenvalue weighted by Crippen LogP contribution is -2.45. The number of aliphatic hydroxyl groups excluding tert-OH is 1. The van der Waals surface area contributed by atoms with Crippen LogP contribution >= 0.6 is 12.4 Å². The first kappa shape index (κ1) is 15.6. The van der Waals surface area contributed by atoms with Crippen molar-refractivity contribution in [3.05, 3.63) is 0 Å². The number of hydrogen-bond donors (Lipinski definition) is 3. The molecule has 1 fully saturated rings. The van der Waals surface area contributed by atoms with Gasteiger partial charge in [0.25, 0.3) is 5.91 Å². The normalized spacial score (nSPS) is 25.9. The molecule has 0 saturated carbocycles. The van der Waals surface area contributed by atoms with Gasteiger partial charge in [0, 0.05) is 19.5 Å². The van der Waals surface area contributed by atoms with Crippen LogP contribution in [0.3, 0.4) is 0 Å². The Labute approximate surface area is 101 Å². The van der Waals surface area contributed by atoms with Gasteiger partial charge in [0.05, 0.1) is 6.10 Å². The van der Waals surface area contributed by atoms with E-state index in [-0.39, 0.29) is 25.4 Å². The summed E-state index contributed by atoms with van der Waals surface area (Å²) in [4.78, 5) is 11.4. The molecule has 0 spiro atoms. The van der Waals surface area contributed by atoms with Crippen molar-refractivity contribution in [1.29, 1.82) is 0 Å². The van der Waals surface area contributed by atoms with Crippen LogP contribution in [0.1, 0.15) is 26.2 Å². The third-order valence-corrected chi connectivity index (χ3v) is 2.74. The SMILES string of the molecule is CCC(O)CCNC(=O)C1(F)CCNC1.Cl. The van der Waals surface area contributed by atoms with Crippen LogP contribution in [0.4, 0.5) is 4.39 Å². The number of amides is 1. The molecular weight excluding hydrogens is 235 g/mol. The maximum atomic E-state index is 13.8. The molecule has 1 aliphatic heterocycles. The summed E-state index contributed by atoms with van der Waals surface area (Å²) in [6.07, 6.45) is 0.946. The molecule has 0 aromatic carbocycles. The molecule has 0 aliphatic carbocycles. The molecule has 96 valence electrons. The first-order valence-corrected chi connectivity index (χ1v) is 5.44. The van der Waals surface area contributed by atoms with E-state index in [2.05, 4.69) is 10.6 Å². The maximum absolute atomic E-state index is 13.8. The third kappa shape index (κ3) is 4.23. The number of halogens is 2. The Bertz CT molecular complexity index is 223. The molecule has 16 heavy (non-hydrogen) atoms. The van der Waals surface area contributed by atoms with E-state index in [1.807, 2.05) is 6.92 Å². The van der Waals surface area contributed by atoms with Gasteiger partial charge in [0.15, 0.2) is 0 Å². The molecule has 1 aliphatic rings. The minimum absolute atomic E-state index is 0. The van der Waals surface area contributed by atoms with Crippen molar-refractivity contribution < 1.29 is 14.3 Å². The van der Waals surface area contributed by atoms with E-state index in [1.165, 1.54) is 0 Å². The number of carbonyl (C=O) groups excluding carboxylic acids is 1. The fourth-order valence-electron chi connectivity index (χ4n) is 1.57. The molecule has 4 nitrogen and oxygen atoms in total. The molecule has 0 bridgehead atoms. The van der Waals surface area contributed by atoms with Crippen LogP contribution in [0.15, 0.2) is 0 Å². The van der Waals surface area contributed by atoms with Crippen LogP contribution in [-0.4, -0.2) is 42.4 Å². The highest BCUT2D eigenvalue weighted by atomic mass is 35.5. The molecule has 2 atom stereocenters. The van der Waals surface area contributed by atoms with Crippen molar-refractivity contribution in [3.8, 4) is 0 Å². The smallest absolute Gasteiger partial charge is 0.259 e. The second kappa shape index (κ2) is 7.04. The second-order valence-electron chi connectivity index (χ2n) is 4.00. The molecule has 1 rings (SSSR count). The zero-order valence-electron chi connectivity index (χ0n) is 9.46. The average Bonchev–Trinajstić information content (AvgIpc) is 2.66. The van der Waals surface area contributed by atoms with Crippen LogP contribution in [0.25, 0.3) is 0 Å². The number of carbonyl (C=O) groups is 1. The summed E-state index contributed by atoms with van der Waals surface area (Å²) in [6.45, 7) is 2.83. The number of rotatable bonds is 5. The van der Waals surface area contributed by atoms with Gasteiger partial charge >= 0.3 is 0 Å². The molecule has 0 radical (unpaired) electrons. The molecule has 1 amide bonds. The molecule has 3 N–H and O–H groups in total. The summed E-state index contributed by atoms with van der Waals surface area (Å²) in [7, 11) is 0. The van der Waals surface area contributed by atoms with Crippen molar-refractivity contribution in [2.24, 2.45) is 0 Å². The lowest BCUT2D eigenvalue weighted by atomic mass is 10.0. The van der Waals surface area contributed by atoms with Crippen molar-refractivity contribution in [1.82, 2.24) is 10.6 Å². The fraction of sp³-hybridized carbons (Fsp3) is 0.900. The Morgan fingerprint density at radius 2 is 2.38 bits per heavy atom. The molecule has 1 saturated heterocycles. The van der Waals surface area contributed by atoms with Crippen molar-refractivity contribution in [3.63, 3.8) is 0 Å².